The Morgan fingerprint density at radius 2 is 2.00 bits per heavy atom. The molecule has 1 saturated heterocycles. The lowest BCUT2D eigenvalue weighted by atomic mass is 10.1. The second-order valence-corrected chi connectivity index (χ2v) is 7.45. The number of morpholine rings is 1. The molecule has 2 rings (SSSR count). The van der Waals surface area contributed by atoms with Crippen molar-refractivity contribution in [3.05, 3.63) is 35.9 Å². The summed E-state index contributed by atoms with van der Waals surface area (Å²) in [6, 6.07) is 6.89. The molecular formula is C14H20N2O5S. The summed E-state index contributed by atoms with van der Waals surface area (Å²) in [6.45, 7) is 4.22. The van der Waals surface area contributed by atoms with E-state index in [4.69, 9.17) is 4.74 Å². The van der Waals surface area contributed by atoms with Gasteiger partial charge in [-0.05, 0) is 19.4 Å². The maximum Gasteiger partial charge on any atom is 0.326 e. The van der Waals surface area contributed by atoms with Crippen molar-refractivity contribution in [3.63, 3.8) is 0 Å². The third kappa shape index (κ3) is 4.04. The molecule has 1 aromatic rings. The summed E-state index contributed by atoms with van der Waals surface area (Å²) < 4.78 is 33.9. The zero-order valence-electron chi connectivity index (χ0n) is 12.5. The minimum Gasteiger partial charge on any atom is -0.480 e. The van der Waals surface area contributed by atoms with E-state index in [1.165, 1.54) is 4.31 Å². The van der Waals surface area contributed by atoms with E-state index in [2.05, 4.69) is 4.72 Å². The molecular weight excluding hydrogens is 308 g/mol. The summed E-state index contributed by atoms with van der Waals surface area (Å²) in [6.07, 6.45) is 0. The van der Waals surface area contributed by atoms with Crippen LogP contribution in [0.1, 0.15) is 25.5 Å². The number of carboxylic acids is 1. The van der Waals surface area contributed by atoms with Gasteiger partial charge in [-0.2, -0.15) is 17.4 Å². The first-order valence-electron chi connectivity index (χ1n) is 6.90. The Morgan fingerprint density at radius 1 is 1.36 bits per heavy atom. The minimum atomic E-state index is -3.92. The zero-order valence-corrected chi connectivity index (χ0v) is 13.3. The lowest BCUT2D eigenvalue weighted by Crippen LogP contribution is -2.54. The topological polar surface area (TPSA) is 95.9 Å². The van der Waals surface area contributed by atoms with E-state index in [0.717, 1.165) is 0 Å². The molecule has 2 N–H and O–H groups in total. The highest BCUT2D eigenvalue weighted by atomic mass is 32.2. The van der Waals surface area contributed by atoms with E-state index in [1.807, 2.05) is 0 Å². The second-order valence-electron chi connectivity index (χ2n) is 5.75. The molecule has 0 radical (unpaired) electrons. The maximum absolute atomic E-state index is 12.5. The second kappa shape index (κ2) is 6.33. The predicted molar refractivity (Wildman–Crippen MR) is 80.5 cm³/mol. The van der Waals surface area contributed by atoms with E-state index >= 15 is 0 Å². The highest BCUT2D eigenvalue weighted by molar-refractivity contribution is 7.87. The van der Waals surface area contributed by atoms with Crippen molar-refractivity contribution in [1.82, 2.24) is 9.03 Å². The van der Waals surface area contributed by atoms with E-state index in [9.17, 15) is 18.3 Å². The molecule has 1 heterocycles. The van der Waals surface area contributed by atoms with Crippen LogP contribution in [0.4, 0.5) is 0 Å². The molecule has 0 unspecified atom stereocenters. The van der Waals surface area contributed by atoms with Crippen molar-refractivity contribution in [1.29, 1.82) is 0 Å². The molecule has 1 fully saturated rings. The summed E-state index contributed by atoms with van der Waals surface area (Å²) in [5.41, 5.74) is -0.218. The molecule has 7 nitrogen and oxygen atoms in total. The van der Waals surface area contributed by atoms with Gasteiger partial charge in [0, 0.05) is 13.1 Å². The number of nitrogens with one attached hydrogen (secondary N) is 1. The van der Waals surface area contributed by atoms with Crippen molar-refractivity contribution < 1.29 is 23.1 Å². The smallest absolute Gasteiger partial charge is 0.326 e. The van der Waals surface area contributed by atoms with Crippen molar-refractivity contribution in [2.45, 2.75) is 25.5 Å². The third-order valence-electron chi connectivity index (χ3n) is 3.38. The number of benzene rings is 1. The number of hydrogen-bond donors (Lipinski definition) is 2. The molecule has 0 aromatic heterocycles. The fraction of sp³-hybridized carbons (Fsp3) is 0.500. The first-order valence-corrected chi connectivity index (χ1v) is 8.34. The molecule has 122 valence electrons. The van der Waals surface area contributed by atoms with Gasteiger partial charge in [-0.1, -0.05) is 30.3 Å². The highest BCUT2D eigenvalue weighted by Gasteiger charge is 2.36. The van der Waals surface area contributed by atoms with Crippen molar-refractivity contribution in [2.75, 3.05) is 19.7 Å². The first-order chi connectivity index (χ1) is 10.2. The number of nitrogens with zero attached hydrogens (tertiary/aromatic N) is 1. The number of ether oxygens (including phenoxy) is 1. The molecule has 1 aliphatic rings. The van der Waals surface area contributed by atoms with E-state index in [1.54, 1.807) is 44.2 Å². The Hall–Kier alpha value is -1.48. The van der Waals surface area contributed by atoms with Crippen molar-refractivity contribution in [3.8, 4) is 0 Å². The number of carboxylic acid groups (broad SMARTS) is 1. The quantitative estimate of drug-likeness (QED) is 0.832. The van der Waals surface area contributed by atoms with Crippen LogP contribution in [0, 0.1) is 0 Å². The van der Waals surface area contributed by atoms with Crippen LogP contribution in [-0.2, 0) is 19.7 Å². The average Bonchev–Trinajstić information content (AvgIpc) is 2.44. The van der Waals surface area contributed by atoms with Gasteiger partial charge in [-0.3, -0.25) is 4.79 Å². The molecule has 1 aromatic carbocycles. The molecule has 1 aliphatic heterocycles. The van der Waals surface area contributed by atoms with Crippen molar-refractivity contribution in [2.24, 2.45) is 0 Å². The van der Waals surface area contributed by atoms with Gasteiger partial charge in [0.15, 0.2) is 0 Å². The zero-order chi connectivity index (χ0) is 16.4. The van der Waals surface area contributed by atoms with Crippen LogP contribution in [0.2, 0.25) is 0 Å². The fourth-order valence-corrected chi connectivity index (χ4v) is 3.79. The van der Waals surface area contributed by atoms with Gasteiger partial charge in [-0.15, -0.1) is 0 Å². The molecule has 22 heavy (non-hydrogen) atoms. The molecule has 0 saturated carbocycles. The van der Waals surface area contributed by atoms with Crippen LogP contribution in [-0.4, -0.2) is 49.1 Å². The van der Waals surface area contributed by atoms with Gasteiger partial charge in [-0.25, -0.2) is 0 Å². The molecule has 0 bridgehead atoms. The van der Waals surface area contributed by atoms with Crippen LogP contribution in [0.5, 0.6) is 0 Å². The molecule has 1 atom stereocenters. The largest absolute Gasteiger partial charge is 0.480 e. The Bertz CT molecular complexity index is 630. The molecule has 8 heteroatoms. The number of rotatable bonds is 5. The number of hydrogen-bond acceptors (Lipinski definition) is 4. The van der Waals surface area contributed by atoms with Crippen LogP contribution in [0.25, 0.3) is 0 Å². The lowest BCUT2D eigenvalue weighted by molar-refractivity contribution is -0.139. The molecule has 0 amide bonds. The predicted octanol–water partition coefficient (Wildman–Crippen LogP) is 0.758. The summed E-state index contributed by atoms with van der Waals surface area (Å²) in [4.78, 5) is 11.4. The van der Waals surface area contributed by atoms with E-state index in [0.29, 0.717) is 5.56 Å². The summed E-state index contributed by atoms with van der Waals surface area (Å²) in [7, 11) is -3.92. The third-order valence-corrected chi connectivity index (χ3v) is 4.90. The van der Waals surface area contributed by atoms with E-state index < -0.39 is 27.8 Å². The Kier molecular flexibility index (Phi) is 4.86. The minimum absolute atomic E-state index is 0.170. The Balaban J connectivity index is 2.20. The van der Waals surface area contributed by atoms with Crippen LogP contribution in [0.3, 0.4) is 0 Å². The van der Waals surface area contributed by atoms with Crippen LogP contribution in [0.15, 0.2) is 30.3 Å². The summed E-state index contributed by atoms with van der Waals surface area (Å²) in [5.74, 6) is -1.25. The van der Waals surface area contributed by atoms with Gasteiger partial charge < -0.3 is 9.84 Å². The number of carbonyl (C=O) groups is 1. The SMILES string of the molecule is CC1(C)CN(S(=O)(=O)N[C@H](C(=O)O)c2ccccc2)CCO1. The Labute approximate surface area is 130 Å². The normalized spacial score (nSPS) is 20.5. The van der Waals surface area contributed by atoms with Gasteiger partial charge in [0.1, 0.15) is 6.04 Å². The highest BCUT2D eigenvalue weighted by Crippen LogP contribution is 2.21. The fourth-order valence-electron chi connectivity index (χ4n) is 2.31. The van der Waals surface area contributed by atoms with Gasteiger partial charge in [0.25, 0.3) is 10.2 Å². The van der Waals surface area contributed by atoms with Gasteiger partial charge in [0.2, 0.25) is 0 Å². The lowest BCUT2D eigenvalue weighted by Gasteiger charge is -2.37. The molecule has 0 spiro atoms. The van der Waals surface area contributed by atoms with Crippen molar-refractivity contribution >= 4 is 16.2 Å². The monoisotopic (exact) mass is 328 g/mol. The molecule has 0 aliphatic carbocycles. The van der Waals surface area contributed by atoms with E-state index in [-0.39, 0.29) is 19.7 Å². The first kappa shape index (κ1) is 16.9. The van der Waals surface area contributed by atoms with Crippen LogP contribution >= 0.6 is 0 Å². The average molecular weight is 328 g/mol. The van der Waals surface area contributed by atoms with Crippen LogP contribution < -0.4 is 4.72 Å². The van der Waals surface area contributed by atoms with Gasteiger partial charge in [0.05, 0.1) is 12.2 Å². The number of aliphatic carboxylic acids is 1. The summed E-state index contributed by atoms with van der Waals surface area (Å²) in [5, 5.41) is 9.32. The Morgan fingerprint density at radius 3 is 2.55 bits per heavy atom. The maximum atomic E-state index is 12.5. The standard InChI is InChI=1S/C14H20N2O5S/c1-14(2)10-16(8-9-21-14)22(19,20)15-12(13(17)18)11-6-4-3-5-7-11/h3-7,12,15H,8-10H2,1-2H3,(H,17,18)/t12-/m0/s1. The van der Waals surface area contributed by atoms with Gasteiger partial charge >= 0.3 is 5.97 Å². The summed E-state index contributed by atoms with van der Waals surface area (Å²) >= 11 is 0.